The molecule has 1 aromatic rings. The number of amides is 1. The van der Waals surface area contributed by atoms with Gasteiger partial charge in [-0.1, -0.05) is 12.1 Å². The van der Waals surface area contributed by atoms with Gasteiger partial charge in [0.05, 0.1) is 16.7 Å². The number of fused-ring (bicyclic) bond motifs is 2. The molecule has 1 saturated carbocycles. The van der Waals surface area contributed by atoms with E-state index in [-0.39, 0.29) is 24.1 Å². The first-order chi connectivity index (χ1) is 9.66. The van der Waals surface area contributed by atoms with Gasteiger partial charge in [0, 0.05) is 12.8 Å². The topological polar surface area (TPSA) is 29.1 Å². The van der Waals surface area contributed by atoms with Gasteiger partial charge in [-0.3, -0.25) is 4.79 Å². The molecule has 0 bridgehead atoms. The highest BCUT2D eigenvalue weighted by Crippen LogP contribution is 2.53. The van der Waals surface area contributed by atoms with Crippen molar-refractivity contribution in [3.8, 4) is 0 Å². The van der Waals surface area contributed by atoms with Crippen LogP contribution in [0.1, 0.15) is 36.8 Å². The van der Waals surface area contributed by atoms with Gasteiger partial charge in [-0.15, -0.1) is 0 Å². The summed E-state index contributed by atoms with van der Waals surface area (Å²) in [7, 11) is 0. The first-order valence-electron chi connectivity index (χ1n) is 6.56. The highest BCUT2D eigenvalue weighted by atomic mass is 19.4. The molecule has 2 aliphatic rings. The number of benzene rings is 1. The molecule has 1 N–H and O–H groups in total. The molecule has 1 spiro atoms. The van der Waals surface area contributed by atoms with E-state index in [1.165, 1.54) is 12.1 Å². The lowest BCUT2D eigenvalue weighted by Gasteiger charge is -2.35. The van der Waals surface area contributed by atoms with Gasteiger partial charge in [0.15, 0.2) is 0 Å². The molecule has 3 rings (SSSR count). The number of halogens is 5. The van der Waals surface area contributed by atoms with Crippen LogP contribution in [0.3, 0.4) is 0 Å². The molecule has 2 nitrogen and oxygen atoms in total. The van der Waals surface area contributed by atoms with Crippen LogP contribution in [0, 0.1) is 0 Å². The smallest absolute Gasteiger partial charge is 0.324 e. The molecule has 0 saturated heterocycles. The highest BCUT2D eigenvalue weighted by Gasteiger charge is 2.54. The molecule has 1 amide bonds. The average molecular weight is 305 g/mol. The highest BCUT2D eigenvalue weighted by molar-refractivity contribution is 6.07. The summed E-state index contributed by atoms with van der Waals surface area (Å²) in [5.41, 5.74) is -2.27. The SMILES string of the molecule is O=C1Nc2c(C(F)(F)F)cccc2C12CCC(F)(F)CC2. The van der Waals surface area contributed by atoms with E-state index >= 15 is 0 Å². The van der Waals surface area contributed by atoms with Crippen LogP contribution in [0.15, 0.2) is 18.2 Å². The summed E-state index contributed by atoms with van der Waals surface area (Å²) in [6.45, 7) is 0. The molecule has 0 radical (unpaired) electrons. The first kappa shape index (κ1) is 14.3. The summed E-state index contributed by atoms with van der Waals surface area (Å²) < 4.78 is 65.5. The van der Waals surface area contributed by atoms with E-state index in [1.54, 1.807) is 0 Å². The van der Waals surface area contributed by atoms with Crippen molar-refractivity contribution in [3.63, 3.8) is 0 Å². The Labute approximate surface area is 117 Å². The minimum atomic E-state index is -4.59. The van der Waals surface area contributed by atoms with Crippen LogP contribution < -0.4 is 5.32 Å². The second-order valence-electron chi connectivity index (χ2n) is 5.62. The molecular weight excluding hydrogens is 293 g/mol. The predicted octanol–water partition coefficient (Wildman–Crippen LogP) is 4.10. The van der Waals surface area contributed by atoms with Crippen molar-refractivity contribution < 1.29 is 26.7 Å². The van der Waals surface area contributed by atoms with Gasteiger partial charge in [-0.25, -0.2) is 8.78 Å². The van der Waals surface area contributed by atoms with Crippen molar-refractivity contribution >= 4 is 11.6 Å². The van der Waals surface area contributed by atoms with Crippen molar-refractivity contribution in [2.75, 3.05) is 5.32 Å². The van der Waals surface area contributed by atoms with E-state index in [9.17, 15) is 26.7 Å². The summed E-state index contributed by atoms with van der Waals surface area (Å²) in [5, 5.41) is 2.26. The molecule has 1 heterocycles. The summed E-state index contributed by atoms with van der Waals surface area (Å²) in [4.78, 5) is 12.2. The minimum Gasteiger partial charge on any atom is -0.324 e. The standard InChI is InChI=1S/C14H12F5NO/c15-13(16)6-4-12(5-7-13)8-2-1-3-9(14(17,18)19)10(8)20-11(12)21/h1-3H,4-7H2,(H,20,21). The van der Waals surface area contributed by atoms with E-state index in [0.29, 0.717) is 0 Å². The third kappa shape index (κ3) is 2.10. The van der Waals surface area contributed by atoms with Gasteiger partial charge in [0.2, 0.25) is 11.8 Å². The van der Waals surface area contributed by atoms with E-state index in [4.69, 9.17) is 0 Å². The Morgan fingerprint density at radius 2 is 1.67 bits per heavy atom. The molecule has 114 valence electrons. The zero-order chi connectivity index (χ0) is 15.5. The number of para-hydroxylation sites is 1. The molecule has 0 unspecified atom stereocenters. The second-order valence-corrected chi connectivity index (χ2v) is 5.62. The predicted molar refractivity (Wildman–Crippen MR) is 65.2 cm³/mol. The Hall–Kier alpha value is -1.66. The Balaban J connectivity index is 2.08. The number of nitrogens with one attached hydrogen (secondary N) is 1. The fourth-order valence-electron chi connectivity index (χ4n) is 3.22. The van der Waals surface area contributed by atoms with Crippen LogP contribution in [0.25, 0.3) is 0 Å². The van der Waals surface area contributed by atoms with Crippen LogP contribution in [-0.4, -0.2) is 11.8 Å². The fraction of sp³-hybridized carbons (Fsp3) is 0.500. The maximum atomic E-state index is 13.3. The van der Waals surface area contributed by atoms with E-state index in [1.807, 2.05) is 0 Å². The number of carbonyl (C=O) groups excluding carboxylic acids is 1. The van der Waals surface area contributed by atoms with Gasteiger partial charge in [0.1, 0.15) is 0 Å². The molecule has 1 aromatic carbocycles. The summed E-state index contributed by atoms with van der Waals surface area (Å²) in [6, 6.07) is 3.53. The van der Waals surface area contributed by atoms with Gasteiger partial charge in [0.25, 0.3) is 0 Å². The Morgan fingerprint density at radius 3 is 2.24 bits per heavy atom. The Kier molecular flexibility index (Phi) is 2.84. The molecule has 7 heteroatoms. The number of carbonyl (C=O) groups is 1. The third-order valence-corrected chi connectivity index (χ3v) is 4.39. The van der Waals surface area contributed by atoms with E-state index in [2.05, 4.69) is 5.32 Å². The van der Waals surface area contributed by atoms with Crippen LogP contribution in [0.4, 0.5) is 27.6 Å². The summed E-state index contributed by atoms with van der Waals surface area (Å²) in [6.07, 6.45) is -5.85. The molecule has 1 fully saturated rings. The van der Waals surface area contributed by atoms with Crippen LogP contribution in [-0.2, 0) is 16.4 Å². The lowest BCUT2D eigenvalue weighted by atomic mass is 9.69. The maximum absolute atomic E-state index is 13.3. The number of hydrogen-bond donors (Lipinski definition) is 1. The van der Waals surface area contributed by atoms with Gasteiger partial charge >= 0.3 is 6.18 Å². The Bertz CT molecular complexity index is 598. The number of alkyl halides is 5. The van der Waals surface area contributed by atoms with Crippen molar-refractivity contribution in [2.45, 2.75) is 43.2 Å². The molecule has 1 aliphatic heterocycles. The molecule has 21 heavy (non-hydrogen) atoms. The molecule has 0 aromatic heterocycles. The monoisotopic (exact) mass is 305 g/mol. The first-order valence-corrected chi connectivity index (χ1v) is 6.56. The normalized spacial score (nSPS) is 23.0. The van der Waals surface area contributed by atoms with E-state index < -0.39 is 41.8 Å². The zero-order valence-electron chi connectivity index (χ0n) is 10.9. The second kappa shape index (κ2) is 4.18. The quantitative estimate of drug-likeness (QED) is 0.718. The lowest BCUT2D eigenvalue weighted by Crippen LogP contribution is -2.41. The van der Waals surface area contributed by atoms with Gasteiger partial charge < -0.3 is 5.32 Å². The van der Waals surface area contributed by atoms with Crippen LogP contribution in [0.2, 0.25) is 0 Å². The number of hydrogen-bond acceptors (Lipinski definition) is 1. The fourth-order valence-corrected chi connectivity index (χ4v) is 3.22. The summed E-state index contributed by atoms with van der Waals surface area (Å²) >= 11 is 0. The summed E-state index contributed by atoms with van der Waals surface area (Å²) in [5.74, 6) is -3.46. The minimum absolute atomic E-state index is 0.139. The lowest BCUT2D eigenvalue weighted by molar-refractivity contribution is -0.137. The largest absolute Gasteiger partial charge is 0.418 e. The average Bonchev–Trinajstić information content (AvgIpc) is 2.65. The Morgan fingerprint density at radius 1 is 1.05 bits per heavy atom. The third-order valence-electron chi connectivity index (χ3n) is 4.39. The van der Waals surface area contributed by atoms with Crippen molar-refractivity contribution in [3.05, 3.63) is 29.3 Å². The maximum Gasteiger partial charge on any atom is 0.418 e. The van der Waals surface area contributed by atoms with Crippen molar-refractivity contribution in [2.24, 2.45) is 0 Å². The zero-order valence-corrected chi connectivity index (χ0v) is 10.9. The number of anilines is 1. The molecular formula is C14H12F5NO. The number of rotatable bonds is 0. The molecule has 1 aliphatic carbocycles. The van der Waals surface area contributed by atoms with E-state index in [0.717, 1.165) is 6.07 Å². The molecule has 0 atom stereocenters. The van der Waals surface area contributed by atoms with Crippen LogP contribution in [0.5, 0.6) is 0 Å². The van der Waals surface area contributed by atoms with Crippen LogP contribution >= 0.6 is 0 Å². The van der Waals surface area contributed by atoms with Crippen molar-refractivity contribution in [1.82, 2.24) is 0 Å². The van der Waals surface area contributed by atoms with Crippen molar-refractivity contribution in [1.29, 1.82) is 0 Å². The van der Waals surface area contributed by atoms with Gasteiger partial charge in [-0.2, -0.15) is 13.2 Å². The van der Waals surface area contributed by atoms with Gasteiger partial charge in [-0.05, 0) is 24.5 Å².